The van der Waals surface area contributed by atoms with Crippen molar-refractivity contribution in [2.24, 2.45) is 0 Å². The number of aryl methyl sites for hydroxylation is 1. The van der Waals surface area contributed by atoms with Gasteiger partial charge in [0.25, 0.3) is 5.91 Å². The van der Waals surface area contributed by atoms with Crippen LogP contribution in [0.5, 0.6) is 17.2 Å². The summed E-state index contributed by atoms with van der Waals surface area (Å²) in [7, 11) is 4.73. The van der Waals surface area contributed by atoms with E-state index in [2.05, 4.69) is 0 Å². The lowest BCUT2D eigenvalue weighted by atomic mass is 10.1. The second kappa shape index (κ2) is 10.9. The largest absolute Gasteiger partial charge is 0.495 e. The fourth-order valence-corrected chi connectivity index (χ4v) is 4.48. The molecule has 0 saturated carbocycles. The van der Waals surface area contributed by atoms with Crippen molar-refractivity contribution in [3.63, 3.8) is 0 Å². The van der Waals surface area contributed by atoms with Gasteiger partial charge in [-0.15, -0.1) is 11.3 Å². The first-order valence-electron chi connectivity index (χ1n) is 10.9. The molecular weight excluding hydrogens is 460 g/mol. The molecule has 6 nitrogen and oxygen atoms in total. The summed E-state index contributed by atoms with van der Waals surface area (Å²) < 4.78 is 16.4. The van der Waals surface area contributed by atoms with Crippen LogP contribution in [0.3, 0.4) is 0 Å². The first kappa shape index (κ1) is 24.0. The Bertz CT molecular complexity index is 1350. The van der Waals surface area contributed by atoms with Crippen LogP contribution in [-0.2, 0) is 4.79 Å². The molecule has 0 fully saturated rings. The molecule has 0 atom stereocenters. The molecule has 4 aromatic rings. The van der Waals surface area contributed by atoms with Crippen LogP contribution in [0, 0.1) is 6.92 Å². The molecule has 0 bridgehead atoms. The van der Waals surface area contributed by atoms with E-state index in [-0.39, 0.29) is 5.91 Å². The van der Waals surface area contributed by atoms with E-state index in [4.69, 9.17) is 19.2 Å². The standard InChI is InChI=1S/C28H26N2O4S/c1-19-12-14-20(15-13-19)22-18-35-28(29-22)30(23-9-5-6-10-24(23)32-2)26(31)17-16-21-8-7-11-25(33-3)27(21)34-4/h5-18H,1-4H3/b17-16+. The first-order chi connectivity index (χ1) is 17.0. The fraction of sp³-hybridized carbons (Fsp3) is 0.143. The Morgan fingerprint density at radius 3 is 2.31 bits per heavy atom. The van der Waals surface area contributed by atoms with Crippen molar-refractivity contribution in [3.8, 4) is 28.5 Å². The lowest BCUT2D eigenvalue weighted by Crippen LogP contribution is -2.24. The van der Waals surface area contributed by atoms with Crippen LogP contribution in [0.25, 0.3) is 17.3 Å². The number of carbonyl (C=O) groups excluding carboxylic acids is 1. The van der Waals surface area contributed by atoms with Gasteiger partial charge in [-0.05, 0) is 31.2 Å². The zero-order valence-electron chi connectivity index (χ0n) is 20.0. The smallest absolute Gasteiger partial charge is 0.257 e. The third-order valence-electron chi connectivity index (χ3n) is 5.42. The third-order valence-corrected chi connectivity index (χ3v) is 6.24. The summed E-state index contributed by atoms with van der Waals surface area (Å²) in [5.41, 5.74) is 4.29. The minimum Gasteiger partial charge on any atom is -0.495 e. The molecule has 1 aromatic heterocycles. The number of amides is 1. The highest BCUT2D eigenvalue weighted by Gasteiger charge is 2.23. The normalized spacial score (nSPS) is 10.9. The van der Waals surface area contributed by atoms with Crippen LogP contribution in [0.1, 0.15) is 11.1 Å². The Balaban J connectivity index is 1.74. The van der Waals surface area contributed by atoms with Crippen molar-refractivity contribution in [2.75, 3.05) is 26.2 Å². The Kier molecular flexibility index (Phi) is 7.48. The first-order valence-corrected chi connectivity index (χ1v) is 11.8. The Morgan fingerprint density at radius 1 is 0.886 bits per heavy atom. The van der Waals surface area contributed by atoms with Gasteiger partial charge < -0.3 is 14.2 Å². The summed E-state index contributed by atoms with van der Waals surface area (Å²) in [4.78, 5) is 20.0. The van der Waals surface area contributed by atoms with Crippen molar-refractivity contribution >= 4 is 34.1 Å². The van der Waals surface area contributed by atoms with Crippen molar-refractivity contribution in [2.45, 2.75) is 6.92 Å². The quantitative estimate of drug-likeness (QED) is 0.265. The van der Waals surface area contributed by atoms with E-state index in [1.165, 1.54) is 23.0 Å². The molecule has 35 heavy (non-hydrogen) atoms. The van der Waals surface area contributed by atoms with Gasteiger partial charge >= 0.3 is 0 Å². The van der Waals surface area contributed by atoms with E-state index >= 15 is 0 Å². The predicted octanol–water partition coefficient (Wildman–Crippen LogP) is 6.52. The maximum atomic E-state index is 13.6. The number of methoxy groups -OCH3 is 3. The summed E-state index contributed by atoms with van der Waals surface area (Å²) in [6.45, 7) is 2.04. The number of hydrogen-bond donors (Lipinski definition) is 0. The number of rotatable bonds is 8. The van der Waals surface area contributed by atoms with Crippen molar-refractivity contribution in [1.82, 2.24) is 4.98 Å². The number of anilines is 2. The van der Waals surface area contributed by atoms with Gasteiger partial charge in [0.05, 0.1) is 32.7 Å². The molecule has 0 N–H and O–H groups in total. The zero-order chi connectivity index (χ0) is 24.8. The maximum absolute atomic E-state index is 13.6. The van der Waals surface area contributed by atoms with E-state index in [1.54, 1.807) is 38.4 Å². The van der Waals surface area contributed by atoms with Gasteiger partial charge in [0.2, 0.25) is 0 Å². The van der Waals surface area contributed by atoms with Gasteiger partial charge in [-0.1, -0.05) is 54.1 Å². The summed E-state index contributed by atoms with van der Waals surface area (Å²) in [5.74, 6) is 1.44. The summed E-state index contributed by atoms with van der Waals surface area (Å²) in [5, 5.41) is 2.49. The Hall–Kier alpha value is -4.10. The fourth-order valence-electron chi connectivity index (χ4n) is 3.63. The molecular formula is C28H26N2O4S. The number of nitrogens with zero attached hydrogens (tertiary/aromatic N) is 2. The summed E-state index contributed by atoms with van der Waals surface area (Å²) >= 11 is 1.39. The van der Waals surface area contributed by atoms with E-state index in [1.807, 2.05) is 73.0 Å². The van der Waals surface area contributed by atoms with Gasteiger partial charge in [0.15, 0.2) is 16.6 Å². The van der Waals surface area contributed by atoms with Crippen LogP contribution >= 0.6 is 11.3 Å². The highest BCUT2D eigenvalue weighted by atomic mass is 32.1. The van der Waals surface area contributed by atoms with Gasteiger partial charge in [-0.2, -0.15) is 0 Å². The van der Waals surface area contributed by atoms with E-state index < -0.39 is 0 Å². The van der Waals surface area contributed by atoms with E-state index in [9.17, 15) is 4.79 Å². The monoisotopic (exact) mass is 486 g/mol. The van der Waals surface area contributed by atoms with Crippen molar-refractivity contribution in [1.29, 1.82) is 0 Å². The summed E-state index contributed by atoms with van der Waals surface area (Å²) in [6, 6.07) is 21.0. The highest BCUT2D eigenvalue weighted by molar-refractivity contribution is 7.14. The molecule has 0 aliphatic heterocycles. The molecule has 0 unspecified atom stereocenters. The van der Waals surface area contributed by atoms with Crippen LogP contribution in [0.4, 0.5) is 10.8 Å². The summed E-state index contributed by atoms with van der Waals surface area (Å²) in [6.07, 6.45) is 3.21. The van der Waals surface area contributed by atoms with Crippen LogP contribution in [0.15, 0.2) is 78.2 Å². The van der Waals surface area contributed by atoms with Crippen LogP contribution < -0.4 is 19.1 Å². The predicted molar refractivity (Wildman–Crippen MR) is 141 cm³/mol. The molecule has 4 rings (SSSR count). The van der Waals surface area contributed by atoms with Gasteiger partial charge in [0, 0.05) is 22.6 Å². The average Bonchev–Trinajstić information content (AvgIpc) is 3.37. The Morgan fingerprint density at radius 2 is 1.60 bits per heavy atom. The second-order valence-corrected chi connectivity index (χ2v) is 8.48. The lowest BCUT2D eigenvalue weighted by Gasteiger charge is -2.21. The van der Waals surface area contributed by atoms with Gasteiger partial charge in [0.1, 0.15) is 5.75 Å². The number of aromatic nitrogens is 1. The Labute approximate surface area is 209 Å². The molecule has 0 aliphatic carbocycles. The minimum absolute atomic E-state index is 0.274. The minimum atomic E-state index is -0.274. The van der Waals surface area contributed by atoms with Crippen LogP contribution in [-0.4, -0.2) is 32.2 Å². The van der Waals surface area contributed by atoms with E-state index in [0.717, 1.165) is 16.8 Å². The molecule has 7 heteroatoms. The highest BCUT2D eigenvalue weighted by Crippen LogP contribution is 2.38. The van der Waals surface area contributed by atoms with Crippen molar-refractivity contribution in [3.05, 3.63) is 89.3 Å². The number of hydrogen-bond acceptors (Lipinski definition) is 6. The van der Waals surface area contributed by atoms with Gasteiger partial charge in [-0.3, -0.25) is 4.79 Å². The van der Waals surface area contributed by atoms with E-state index in [0.29, 0.717) is 28.1 Å². The molecule has 1 amide bonds. The number of carbonyl (C=O) groups is 1. The number of thiazole rings is 1. The number of benzene rings is 3. The molecule has 3 aromatic carbocycles. The molecule has 1 heterocycles. The average molecular weight is 487 g/mol. The SMILES string of the molecule is COc1ccccc1N(C(=O)/C=C/c1cccc(OC)c1OC)c1nc(-c2ccc(C)cc2)cs1. The number of ether oxygens (including phenoxy) is 3. The topological polar surface area (TPSA) is 60.9 Å². The zero-order valence-corrected chi connectivity index (χ0v) is 20.8. The molecule has 0 saturated heterocycles. The maximum Gasteiger partial charge on any atom is 0.257 e. The van der Waals surface area contributed by atoms with Gasteiger partial charge in [-0.25, -0.2) is 9.88 Å². The van der Waals surface area contributed by atoms with Crippen LogP contribution in [0.2, 0.25) is 0 Å². The molecule has 0 aliphatic rings. The lowest BCUT2D eigenvalue weighted by molar-refractivity contribution is -0.113. The molecule has 0 spiro atoms. The van der Waals surface area contributed by atoms with Crippen molar-refractivity contribution < 1.29 is 19.0 Å². The molecule has 0 radical (unpaired) electrons. The third kappa shape index (κ3) is 5.20. The second-order valence-electron chi connectivity index (χ2n) is 7.64. The molecule has 178 valence electrons. The number of para-hydroxylation sites is 3.